The van der Waals surface area contributed by atoms with Crippen molar-refractivity contribution in [3.05, 3.63) is 38.8 Å². The number of hydrogen-bond acceptors (Lipinski definition) is 4. The fourth-order valence-electron chi connectivity index (χ4n) is 1.49. The number of hydrogen-bond donors (Lipinski definition) is 2. The number of benzene rings is 1. The molecule has 0 saturated heterocycles. The lowest BCUT2D eigenvalue weighted by molar-refractivity contribution is 0.0690. The van der Waals surface area contributed by atoms with Crippen LogP contribution >= 0.6 is 27.3 Å². The molecule has 0 saturated carbocycles. The van der Waals surface area contributed by atoms with E-state index < -0.39 is 5.97 Å². The third-order valence-electron chi connectivity index (χ3n) is 2.44. The maximum absolute atomic E-state index is 10.9. The highest BCUT2D eigenvalue weighted by molar-refractivity contribution is 9.10. The summed E-state index contributed by atoms with van der Waals surface area (Å²) in [5, 5.41) is 12.7. The maximum atomic E-state index is 10.9. The summed E-state index contributed by atoms with van der Waals surface area (Å²) in [6, 6.07) is 5.87. The lowest BCUT2D eigenvalue weighted by Gasteiger charge is -2.06. The van der Waals surface area contributed by atoms with Crippen LogP contribution in [0.1, 0.15) is 20.9 Å². The van der Waals surface area contributed by atoms with Crippen LogP contribution in [0.3, 0.4) is 0 Å². The minimum absolute atomic E-state index is 0.107. The number of aromatic carboxylic acids is 1. The summed E-state index contributed by atoms with van der Waals surface area (Å²) in [6.07, 6.45) is 0. The van der Waals surface area contributed by atoms with Crippen molar-refractivity contribution >= 4 is 44.1 Å². The van der Waals surface area contributed by atoms with Crippen molar-refractivity contribution in [3.63, 3.8) is 0 Å². The number of carboxylic acids is 1. The van der Waals surface area contributed by atoms with E-state index in [0.29, 0.717) is 10.0 Å². The zero-order valence-corrected chi connectivity index (χ0v) is 12.2. The fraction of sp³-hybridized carbons (Fsp3) is 0.167. The molecule has 0 atom stereocenters. The molecule has 0 fully saturated rings. The first-order chi connectivity index (χ1) is 8.47. The summed E-state index contributed by atoms with van der Waals surface area (Å²) in [5.41, 5.74) is 2.09. The first kappa shape index (κ1) is 13.0. The molecule has 1 aromatic heterocycles. The van der Waals surface area contributed by atoms with Crippen molar-refractivity contribution in [1.82, 2.24) is 4.98 Å². The number of rotatable bonds is 3. The number of carboxylic acid groups (broad SMARTS) is 1. The average Bonchev–Trinajstić information content (AvgIpc) is 2.65. The van der Waals surface area contributed by atoms with Crippen LogP contribution in [0.25, 0.3) is 0 Å². The van der Waals surface area contributed by atoms with Crippen molar-refractivity contribution in [2.45, 2.75) is 13.8 Å². The van der Waals surface area contributed by atoms with Gasteiger partial charge in [-0.05, 0) is 31.5 Å². The summed E-state index contributed by atoms with van der Waals surface area (Å²) in [5.74, 6) is -0.997. The Labute approximate surface area is 117 Å². The molecule has 0 aliphatic heterocycles. The van der Waals surface area contributed by atoms with Crippen LogP contribution in [0.5, 0.6) is 0 Å². The van der Waals surface area contributed by atoms with Crippen LogP contribution < -0.4 is 5.32 Å². The van der Waals surface area contributed by atoms with Gasteiger partial charge in [0.25, 0.3) is 0 Å². The third kappa shape index (κ3) is 2.70. The van der Waals surface area contributed by atoms with E-state index in [4.69, 9.17) is 5.11 Å². The van der Waals surface area contributed by atoms with Gasteiger partial charge >= 0.3 is 5.97 Å². The monoisotopic (exact) mass is 326 g/mol. The Morgan fingerprint density at radius 1 is 1.44 bits per heavy atom. The third-order valence-corrected chi connectivity index (χ3v) is 3.82. The smallest absolute Gasteiger partial charge is 0.355 e. The van der Waals surface area contributed by atoms with Gasteiger partial charge in [0, 0.05) is 15.0 Å². The minimum atomic E-state index is -0.997. The number of thiazole rings is 1. The fourth-order valence-corrected chi connectivity index (χ4v) is 2.67. The van der Waals surface area contributed by atoms with Gasteiger partial charge in [0.15, 0.2) is 10.8 Å². The highest BCUT2D eigenvalue weighted by Gasteiger charge is 2.14. The predicted octanol–water partition coefficient (Wildman–Crippen LogP) is 3.96. The quantitative estimate of drug-likeness (QED) is 0.896. The molecule has 1 heterocycles. The van der Waals surface area contributed by atoms with Gasteiger partial charge in [0.05, 0.1) is 0 Å². The normalized spacial score (nSPS) is 10.4. The summed E-state index contributed by atoms with van der Waals surface area (Å²) in [6.45, 7) is 3.73. The molecule has 2 aromatic rings. The summed E-state index contributed by atoms with van der Waals surface area (Å²) in [7, 11) is 0. The van der Waals surface area contributed by atoms with Gasteiger partial charge in [-0.3, -0.25) is 0 Å². The minimum Gasteiger partial charge on any atom is -0.476 e. The molecule has 2 N–H and O–H groups in total. The highest BCUT2D eigenvalue weighted by atomic mass is 79.9. The van der Waals surface area contributed by atoms with Crippen molar-refractivity contribution in [2.75, 3.05) is 5.32 Å². The molecule has 0 aliphatic rings. The number of anilines is 2. The first-order valence-corrected chi connectivity index (χ1v) is 6.82. The Hall–Kier alpha value is -1.40. The number of halogens is 1. The summed E-state index contributed by atoms with van der Waals surface area (Å²) in [4.78, 5) is 15.7. The van der Waals surface area contributed by atoms with Gasteiger partial charge in [-0.25, -0.2) is 9.78 Å². The number of carbonyl (C=O) groups is 1. The van der Waals surface area contributed by atoms with Crippen molar-refractivity contribution in [3.8, 4) is 0 Å². The molecule has 94 valence electrons. The Balaban J connectivity index is 2.31. The average molecular weight is 327 g/mol. The highest BCUT2D eigenvalue weighted by Crippen LogP contribution is 2.28. The molecule has 6 heteroatoms. The molecule has 2 rings (SSSR count). The maximum Gasteiger partial charge on any atom is 0.355 e. The Kier molecular flexibility index (Phi) is 3.68. The number of nitrogens with zero attached hydrogens (tertiary/aromatic N) is 1. The van der Waals surface area contributed by atoms with Gasteiger partial charge in [0.2, 0.25) is 0 Å². The van der Waals surface area contributed by atoms with Crippen LogP contribution in [0.15, 0.2) is 22.7 Å². The second-order valence-corrected chi connectivity index (χ2v) is 5.93. The van der Waals surface area contributed by atoms with Crippen molar-refractivity contribution in [2.24, 2.45) is 0 Å². The van der Waals surface area contributed by atoms with Gasteiger partial charge in [-0.15, -0.1) is 11.3 Å². The van der Waals surface area contributed by atoms with Crippen molar-refractivity contribution < 1.29 is 9.90 Å². The molecule has 0 radical (unpaired) electrons. The van der Waals surface area contributed by atoms with Crippen LogP contribution in [0.2, 0.25) is 0 Å². The molecule has 0 aliphatic carbocycles. The van der Waals surface area contributed by atoms with Crippen LogP contribution in [-0.2, 0) is 0 Å². The molecule has 0 bridgehead atoms. The first-order valence-electron chi connectivity index (χ1n) is 5.21. The number of aromatic nitrogens is 1. The molecule has 18 heavy (non-hydrogen) atoms. The van der Waals surface area contributed by atoms with Gasteiger partial charge in [-0.2, -0.15) is 0 Å². The van der Waals surface area contributed by atoms with Crippen molar-refractivity contribution in [1.29, 1.82) is 0 Å². The van der Waals surface area contributed by atoms with Gasteiger partial charge < -0.3 is 10.4 Å². The van der Waals surface area contributed by atoms with E-state index in [0.717, 1.165) is 15.7 Å². The number of aryl methyl sites for hydroxylation is 2. The van der Waals surface area contributed by atoms with E-state index in [1.165, 1.54) is 11.3 Å². The summed E-state index contributed by atoms with van der Waals surface area (Å²) >= 11 is 4.74. The summed E-state index contributed by atoms with van der Waals surface area (Å²) < 4.78 is 0.960. The van der Waals surface area contributed by atoms with Crippen LogP contribution in [0, 0.1) is 13.8 Å². The molecule has 1 aromatic carbocycles. The Morgan fingerprint density at radius 2 is 2.17 bits per heavy atom. The standard InChI is InChI=1S/C12H11BrN2O2S/c1-6-3-4-8(13)5-9(6)14-12-15-10(11(16)17)7(2)18-12/h3-5H,1-2H3,(H,14,15)(H,16,17). The Morgan fingerprint density at radius 3 is 2.78 bits per heavy atom. The van der Waals surface area contributed by atoms with E-state index >= 15 is 0 Å². The largest absolute Gasteiger partial charge is 0.476 e. The van der Waals surface area contributed by atoms with E-state index in [1.54, 1.807) is 6.92 Å². The zero-order chi connectivity index (χ0) is 13.3. The second kappa shape index (κ2) is 5.07. The molecular weight excluding hydrogens is 316 g/mol. The van der Waals surface area contributed by atoms with E-state index in [9.17, 15) is 4.79 Å². The predicted molar refractivity (Wildman–Crippen MR) is 76.0 cm³/mol. The lowest BCUT2D eigenvalue weighted by Crippen LogP contribution is -1.99. The molecule has 0 spiro atoms. The van der Waals surface area contributed by atoms with E-state index in [-0.39, 0.29) is 5.69 Å². The number of nitrogens with one attached hydrogen (secondary N) is 1. The molecule has 4 nitrogen and oxygen atoms in total. The van der Waals surface area contributed by atoms with Gasteiger partial charge in [0.1, 0.15) is 0 Å². The topological polar surface area (TPSA) is 62.2 Å². The molecule has 0 amide bonds. The van der Waals surface area contributed by atoms with E-state index in [2.05, 4.69) is 26.2 Å². The van der Waals surface area contributed by atoms with E-state index in [1.807, 2.05) is 25.1 Å². The van der Waals surface area contributed by atoms with Crippen LogP contribution in [-0.4, -0.2) is 16.1 Å². The second-order valence-electron chi connectivity index (χ2n) is 3.81. The van der Waals surface area contributed by atoms with Gasteiger partial charge in [-0.1, -0.05) is 22.0 Å². The Bertz CT molecular complexity index is 610. The molecule has 0 unspecified atom stereocenters. The lowest BCUT2D eigenvalue weighted by atomic mass is 10.2. The SMILES string of the molecule is Cc1ccc(Br)cc1Nc1nc(C(=O)O)c(C)s1. The van der Waals surface area contributed by atoms with Crippen LogP contribution in [0.4, 0.5) is 10.8 Å². The zero-order valence-electron chi connectivity index (χ0n) is 9.82. The molecular formula is C12H11BrN2O2S.